The quantitative estimate of drug-likeness (QED) is 0.635. The Morgan fingerprint density at radius 1 is 1.50 bits per heavy atom. The number of rotatable bonds is 8. The Hall–Kier alpha value is -1.19. The van der Waals surface area contributed by atoms with Crippen LogP contribution in [0.5, 0.6) is 0 Å². The van der Waals surface area contributed by atoms with E-state index in [0.717, 1.165) is 50.8 Å². The molecule has 0 aliphatic heterocycles. The lowest BCUT2D eigenvalue weighted by Crippen LogP contribution is -2.08. The summed E-state index contributed by atoms with van der Waals surface area (Å²) >= 11 is 0. The molecule has 0 amide bonds. The number of aryl methyl sites for hydroxylation is 2. The minimum absolute atomic E-state index is 0.207. The van der Waals surface area contributed by atoms with Gasteiger partial charge in [-0.15, -0.1) is 0 Å². The molecule has 0 bridgehead atoms. The molecule has 1 aromatic heterocycles. The average molecular weight is 223 g/mol. The topological polar surface area (TPSA) is 47.8 Å². The molecule has 0 aliphatic rings. The zero-order valence-electron chi connectivity index (χ0n) is 10.2. The summed E-state index contributed by atoms with van der Waals surface area (Å²) in [4.78, 5) is 14.9. The van der Waals surface area contributed by atoms with Crippen molar-refractivity contribution in [3.05, 3.63) is 12.2 Å². The second-order valence-electron chi connectivity index (χ2n) is 4.10. The maximum absolute atomic E-state index is 10.7. The SMILES string of the molecule is CCCc1ncnn1CCCC(C=O)CC. The van der Waals surface area contributed by atoms with Crippen LogP contribution in [0.4, 0.5) is 0 Å². The Morgan fingerprint density at radius 3 is 2.94 bits per heavy atom. The van der Waals surface area contributed by atoms with Gasteiger partial charge in [0.15, 0.2) is 0 Å². The van der Waals surface area contributed by atoms with E-state index in [9.17, 15) is 4.79 Å². The van der Waals surface area contributed by atoms with E-state index in [-0.39, 0.29) is 5.92 Å². The highest BCUT2D eigenvalue weighted by molar-refractivity contribution is 5.53. The molecule has 0 saturated heterocycles. The summed E-state index contributed by atoms with van der Waals surface area (Å²) in [6, 6.07) is 0. The van der Waals surface area contributed by atoms with E-state index in [1.807, 2.05) is 4.68 Å². The second kappa shape index (κ2) is 7.14. The van der Waals surface area contributed by atoms with E-state index < -0.39 is 0 Å². The minimum Gasteiger partial charge on any atom is -0.303 e. The van der Waals surface area contributed by atoms with Crippen molar-refractivity contribution in [3.63, 3.8) is 0 Å². The van der Waals surface area contributed by atoms with Gasteiger partial charge in [-0.05, 0) is 25.7 Å². The summed E-state index contributed by atoms with van der Waals surface area (Å²) < 4.78 is 1.96. The molecule has 4 nitrogen and oxygen atoms in total. The Morgan fingerprint density at radius 2 is 2.31 bits per heavy atom. The van der Waals surface area contributed by atoms with Gasteiger partial charge in [0.05, 0.1) is 0 Å². The maximum Gasteiger partial charge on any atom is 0.138 e. The highest BCUT2D eigenvalue weighted by atomic mass is 16.1. The second-order valence-corrected chi connectivity index (χ2v) is 4.10. The predicted octanol–water partition coefficient (Wildman–Crippen LogP) is 2.24. The lowest BCUT2D eigenvalue weighted by Gasteiger charge is -2.08. The lowest BCUT2D eigenvalue weighted by molar-refractivity contribution is -0.111. The van der Waals surface area contributed by atoms with Gasteiger partial charge in [0.2, 0.25) is 0 Å². The molecule has 1 unspecified atom stereocenters. The van der Waals surface area contributed by atoms with Crippen molar-refractivity contribution in [2.24, 2.45) is 5.92 Å². The third-order valence-corrected chi connectivity index (χ3v) is 2.83. The number of hydrogen-bond acceptors (Lipinski definition) is 3. The standard InChI is InChI=1S/C12H21N3O/c1-3-6-12-13-10-14-15(12)8-5-7-11(4-2)9-16/h9-11H,3-8H2,1-2H3. The van der Waals surface area contributed by atoms with Gasteiger partial charge < -0.3 is 4.79 Å². The molecule has 1 aromatic rings. The number of carbonyl (C=O) groups excluding carboxylic acids is 1. The average Bonchev–Trinajstić information content (AvgIpc) is 2.73. The summed E-state index contributed by atoms with van der Waals surface area (Å²) in [5.41, 5.74) is 0. The summed E-state index contributed by atoms with van der Waals surface area (Å²) in [6.07, 6.45) is 7.62. The van der Waals surface area contributed by atoms with Crippen molar-refractivity contribution in [2.45, 2.75) is 52.5 Å². The van der Waals surface area contributed by atoms with Crippen molar-refractivity contribution < 1.29 is 4.79 Å². The number of hydrogen-bond donors (Lipinski definition) is 0. The fourth-order valence-corrected chi connectivity index (χ4v) is 1.76. The molecule has 1 rings (SSSR count). The van der Waals surface area contributed by atoms with Gasteiger partial charge in [-0.3, -0.25) is 4.68 Å². The van der Waals surface area contributed by atoms with Crippen molar-refractivity contribution in [3.8, 4) is 0 Å². The van der Waals surface area contributed by atoms with Crippen molar-refractivity contribution in [1.29, 1.82) is 0 Å². The van der Waals surface area contributed by atoms with E-state index >= 15 is 0 Å². The third kappa shape index (κ3) is 3.76. The number of carbonyl (C=O) groups is 1. The monoisotopic (exact) mass is 223 g/mol. The van der Waals surface area contributed by atoms with Gasteiger partial charge in [0.1, 0.15) is 18.4 Å². The molecule has 0 fully saturated rings. The van der Waals surface area contributed by atoms with E-state index in [1.165, 1.54) is 0 Å². The smallest absolute Gasteiger partial charge is 0.138 e. The molecule has 4 heteroatoms. The molecule has 1 heterocycles. The maximum atomic E-state index is 10.7. The van der Waals surface area contributed by atoms with Gasteiger partial charge in [-0.25, -0.2) is 4.98 Å². The summed E-state index contributed by atoms with van der Waals surface area (Å²) in [7, 11) is 0. The Kier molecular flexibility index (Phi) is 5.75. The van der Waals surface area contributed by atoms with Gasteiger partial charge in [-0.2, -0.15) is 5.10 Å². The van der Waals surface area contributed by atoms with Crippen LogP contribution in [0.1, 0.15) is 45.4 Å². The molecule has 16 heavy (non-hydrogen) atoms. The number of nitrogens with zero attached hydrogens (tertiary/aromatic N) is 3. The molecule has 0 spiro atoms. The summed E-state index contributed by atoms with van der Waals surface area (Å²) in [6.45, 7) is 5.06. The molecule has 0 N–H and O–H groups in total. The zero-order valence-corrected chi connectivity index (χ0v) is 10.2. The Bertz CT molecular complexity index is 309. The van der Waals surface area contributed by atoms with Crippen LogP contribution in [0.2, 0.25) is 0 Å². The first kappa shape index (κ1) is 12.9. The highest BCUT2D eigenvalue weighted by Gasteiger charge is 2.06. The first-order chi connectivity index (χ1) is 7.81. The normalized spacial score (nSPS) is 12.6. The number of aromatic nitrogens is 3. The van der Waals surface area contributed by atoms with Gasteiger partial charge in [0.25, 0.3) is 0 Å². The van der Waals surface area contributed by atoms with Crippen molar-refractivity contribution >= 4 is 6.29 Å². The third-order valence-electron chi connectivity index (χ3n) is 2.83. The van der Waals surface area contributed by atoms with Gasteiger partial charge >= 0.3 is 0 Å². The minimum atomic E-state index is 0.207. The van der Waals surface area contributed by atoms with E-state index in [2.05, 4.69) is 23.9 Å². The highest BCUT2D eigenvalue weighted by Crippen LogP contribution is 2.09. The fraction of sp³-hybridized carbons (Fsp3) is 0.750. The molecule has 0 saturated carbocycles. The van der Waals surface area contributed by atoms with Crippen LogP contribution in [0, 0.1) is 5.92 Å². The lowest BCUT2D eigenvalue weighted by atomic mass is 10.0. The molecular weight excluding hydrogens is 202 g/mol. The molecule has 90 valence electrons. The number of aldehydes is 1. The van der Waals surface area contributed by atoms with Crippen molar-refractivity contribution in [1.82, 2.24) is 14.8 Å². The van der Waals surface area contributed by atoms with Crippen LogP contribution < -0.4 is 0 Å². The predicted molar refractivity (Wildman–Crippen MR) is 63.1 cm³/mol. The Balaban J connectivity index is 2.36. The molecular formula is C12H21N3O. The van der Waals surface area contributed by atoms with Crippen LogP contribution in [0.15, 0.2) is 6.33 Å². The van der Waals surface area contributed by atoms with Gasteiger partial charge in [-0.1, -0.05) is 13.8 Å². The molecule has 0 aliphatic carbocycles. The van der Waals surface area contributed by atoms with E-state index in [0.29, 0.717) is 0 Å². The van der Waals surface area contributed by atoms with E-state index in [1.54, 1.807) is 6.33 Å². The van der Waals surface area contributed by atoms with Crippen LogP contribution in [0.3, 0.4) is 0 Å². The van der Waals surface area contributed by atoms with Crippen molar-refractivity contribution in [2.75, 3.05) is 0 Å². The molecule has 0 aromatic carbocycles. The summed E-state index contributed by atoms with van der Waals surface area (Å²) in [5.74, 6) is 1.26. The van der Waals surface area contributed by atoms with Crippen LogP contribution in [0.25, 0.3) is 0 Å². The Labute approximate surface area is 97.1 Å². The molecule has 0 radical (unpaired) electrons. The first-order valence-electron chi connectivity index (χ1n) is 6.13. The first-order valence-corrected chi connectivity index (χ1v) is 6.13. The summed E-state index contributed by atoms with van der Waals surface area (Å²) in [5, 5.41) is 4.20. The largest absolute Gasteiger partial charge is 0.303 e. The van der Waals surface area contributed by atoms with Crippen LogP contribution in [-0.2, 0) is 17.8 Å². The molecule has 1 atom stereocenters. The zero-order chi connectivity index (χ0) is 11.8. The van der Waals surface area contributed by atoms with Crippen LogP contribution >= 0.6 is 0 Å². The van der Waals surface area contributed by atoms with E-state index in [4.69, 9.17) is 0 Å². The fourth-order valence-electron chi connectivity index (χ4n) is 1.76. The van der Waals surface area contributed by atoms with Crippen LogP contribution in [-0.4, -0.2) is 21.1 Å². The van der Waals surface area contributed by atoms with Gasteiger partial charge in [0, 0.05) is 18.9 Å².